The van der Waals surface area contributed by atoms with E-state index in [-0.39, 0.29) is 6.04 Å². The average molecular weight is 194 g/mol. The summed E-state index contributed by atoms with van der Waals surface area (Å²) in [4.78, 5) is 0. The zero-order valence-electron chi connectivity index (χ0n) is 7.55. The van der Waals surface area contributed by atoms with Crippen molar-refractivity contribution < 1.29 is 0 Å². The Balaban J connectivity index is 2.66. The molecule has 1 rings (SSSR count). The molecule has 0 aromatic heterocycles. The molecular weight excluding hydrogens is 182 g/mol. The van der Waals surface area contributed by atoms with Crippen LogP contribution in [0.15, 0.2) is 24.3 Å². The molecule has 0 spiro atoms. The van der Waals surface area contributed by atoms with E-state index in [2.05, 4.69) is 18.2 Å². The first-order valence-electron chi connectivity index (χ1n) is 4.16. The van der Waals surface area contributed by atoms with Gasteiger partial charge in [0, 0.05) is 11.1 Å². The topological polar surface area (TPSA) is 12.0 Å². The fourth-order valence-electron chi connectivity index (χ4n) is 1.11. The van der Waals surface area contributed by atoms with E-state index in [1.54, 1.807) is 0 Å². The largest absolute Gasteiger partial charge is 0.300 e. The zero-order valence-corrected chi connectivity index (χ0v) is 8.31. The Morgan fingerprint density at radius 3 is 3.00 bits per heavy atom. The number of terminal acetylenes is 1. The minimum atomic E-state index is 0.245. The Kier molecular flexibility index (Phi) is 3.82. The quantitative estimate of drug-likeness (QED) is 0.728. The molecule has 1 aromatic carbocycles. The van der Waals surface area contributed by atoms with Crippen LogP contribution in [0.25, 0.3) is 0 Å². The van der Waals surface area contributed by atoms with Gasteiger partial charge in [0.05, 0.1) is 6.54 Å². The first-order chi connectivity index (χ1) is 6.24. The molecule has 1 N–H and O–H groups in total. The van der Waals surface area contributed by atoms with Gasteiger partial charge in [-0.15, -0.1) is 6.42 Å². The van der Waals surface area contributed by atoms with E-state index in [0.29, 0.717) is 6.54 Å². The zero-order chi connectivity index (χ0) is 9.68. The third-order valence-corrected chi connectivity index (χ3v) is 2.09. The maximum Gasteiger partial charge on any atom is 0.0578 e. The second-order valence-corrected chi connectivity index (χ2v) is 3.30. The van der Waals surface area contributed by atoms with Crippen LogP contribution in [0, 0.1) is 12.3 Å². The highest BCUT2D eigenvalue weighted by molar-refractivity contribution is 6.30. The van der Waals surface area contributed by atoms with Crippen LogP contribution >= 0.6 is 11.6 Å². The Morgan fingerprint density at radius 2 is 2.38 bits per heavy atom. The second kappa shape index (κ2) is 4.91. The van der Waals surface area contributed by atoms with Crippen molar-refractivity contribution in [1.82, 2.24) is 5.32 Å². The van der Waals surface area contributed by atoms with Gasteiger partial charge in [-0.3, -0.25) is 5.32 Å². The van der Waals surface area contributed by atoms with E-state index < -0.39 is 0 Å². The van der Waals surface area contributed by atoms with Crippen molar-refractivity contribution in [2.45, 2.75) is 13.0 Å². The lowest BCUT2D eigenvalue weighted by Gasteiger charge is -2.11. The number of hydrogen-bond acceptors (Lipinski definition) is 1. The molecule has 0 fully saturated rings. The lowest BCUT2D eigenvalue weighted by Crippen LogP contribution is -2.18. The summed E-state index contributed by atoms with van der Waals surface area (Å²) in [5, 5.41) is 3.94. The summed E-state index contributed by atoms with van der Waals surface area (Å²) >= 11 is 5.85. The van der Waals surface area contributed by atoms with Crippen LogP contribution in [0.1, 0.15) is 18.5 Å². The van der Waals surface area contributed by atoms with Gasteiger partial charge in [-0.05, 0) is 24.6 Å². The summed E-state index contributed by atoms with van der Waals surface area (Å²) in [5.74, 6) is 2.54. The summed E-state index contributed by atoms with van der Waals surface area (Å²) in [7, 11) is 0. The van der Waals surface area contributed by atoms with Crippen molar-refractivity contribution in [3.8, 4) is 12.3 Å². The summed E-state index contributed by atoms with van der Waals surface area (Å²) in [6, 6.07) is 8.01. The van der Waals surface area contributed by atoms with Gasteiger partial charge in [0.1, 0.15) is 0 Å². The second-order valence-electron chi connectivity index (χ2n) is 2.86. The first kappa shape index (κ1) is 10.1. The molecule has 0 saturated carbocycles. The lowest BCUT2D eigenvalue weighted by atomic mass is 10.1. The molecule has 0 aliphatic carbocycles. The molecule has 0 aliphatic heterocycles. The molecule has 0 saturated heterocycles. The molecule has 2 heteroatoms. The van der Waals surface area contributed by atoms with Crippen molar-refractivity contribution in [1.29, 1.82) is 0 Å². The van der Waals surface area contributed by atoms with Crippen LogP contribution in [0.2, 0.25) is 5.02 Å². The van der Waals surface area contributed by atoms with E-state index in [1.807, 2.05) is 24.3 Å². The van der Waals surface area contributed by atoms with Gasteiger partial charge < -0.3 is 0 Å². The standard InChI is InChI=1S/C11H12ClN/c1-3-7-13-9(2)10-5-4-6-11(12)8-10/h1,4-6,8-9,13H,7H2,2H3/t9-/m0/s1. The van der Waals surface area contributed by atoms with Crippen LogP contribution in [-0.4, -0.2) is 6.54 Å². The van der Waals surface area contributed by atoms with Crippen LogP contribution in [0.5, 0.6) is 0 Å². The average Bonchev–Trinajstić information content (AvgIpc) is 2.14. The van der Waals surface area contributed by atoms with Crippen molar-refractivity contribution in [3.05, 3.63) is 34.9 Å². The SMILES string of the molecule is C#CCN[C@@H](C)c1cccc(Cl)c1. The Hall–Kier alpha value is -0.970. The predicted molar refractivity (Wildman–Crippen MR) is 56.7 cm³/mol. The van der Waals surface area contributed by atoms with Gasteiger partial charge in [0.15, 0.2) is 0 Å². The summed E-state index contributed by atoms with van der Waals surface area (Å²) < 4.78 is 0. The van der Waals surface area contributed by atoms with Crippen LogP contribution in [0.4, 0.5) is 0 Å². The van der Waals surface area contributed by atoms with Gasteiger partial charge in [-0.1, -0.05) is 29.7 Å². The smallest absolute Gasteiger partial charge is 0.0578 e. The fraction of sp³-hybridized carbons (Fsp3) is 0.273. The fourth-order valence-corrected chi connectivity index (χ4v) is 1.30. The molecule has 68 valence electrons. The number of halogens is 1. The maximum atomic E-state index is 5.85. The molecule has 0 unspecified atom stereocenters. The lowest BCUT2D eigenvalue weighted by molar-refractivity contribution is 0.623. The normalized spacial score (nSPS) is 12.1. The monoisotopic (exact) mass is 193 g/mol. The number of hydrogen-bond donors (Lipinski definition) is 1. The molecule has 0 amide bonds. The highest BCUT2D eigenvalue weighted by atomic mass is 35.5. The number of rotatable bonds is 3. The van der Waals surface area contributed by atoms with E-state index in [9.17, 15) is 0 Å². The predicted octanol–water partition coefficient (Wildman–Crippen LogP) is 2.62. The number of nitrogens with one attached hydrogen (secondary N) is 1. The van der Waals surface area contributed by atoms with Crippen molar-refractivity contribution in [2.24, 2.45) is 0 Å². The number of benzene rings is 1. The van der Waals surface area contributed by atoms with E-state index in [4.69, 9.17) is 18.0 Å². The Labute approximate surface area is 84.1 Å². The maximum absolute atomic E-state index is 5.85. The van der Waals surface area contributed by atoms with Crippen LogP contribution < -0.4 is 5.32 Å². The van der Waals surface area contributed by atoms with Crippen molar-refractivity contribution in [3.63, 3.8) is 0 Å². The third-order valence-electron chi connectivity index (χ3n) is 1.86. The summed E-state index contributed by atoms with van der Waals surface area (Å²) in [6.07, 6.45) is 5.15. The van der Waals surface area contributed by atoms with Gasteiger partial charge in [-0.25, -0.2) is 0 Å². The highest BCUT2D eigenvalue weighted by Gasteiger charge is 2.02. The molecule has 0 heterocycles. The van der Waals surface area contributed by atoms with Crippen molar-refractivity contribution >= 4 is 11.6 Å². The van der Waals surface area contributed by atoms with Gasteiger partial charge in [0.2, 0.25) is 0 Å². The van der Waals surface area contributed by atoms with E-state index in [1.165, 1.54) is 0 Å². The Bertz CT molecular complexity index is 314. The molecule has 0 radical (unpaired) electrons. The molecular formula is C11H12ClN. The van der Waals surface area contributed by atoms with Gasteiger partial charge in [0.25, 0.3) is 0 Å². The van der Waals surface area contributed by atoms with E-state index >= 15 is 0 Å². The minimum absolute atomic E-state index is 0.245. The van der Waals surface area contributed by atoms with Gasteiger partial charge >= 0.3 is 0 Å². The van der Waals surface area contributed by atoms with Crippen molar-refractivity contribution in [2.75, 3.05) is 6.54 Å². The van der Waals surface area contributed by atoms with E-state index in [0.717, 1.165) is 10.6 Å². The summed E-state index contributed by atoms with van der Waals surface area (Å²) in [5.41, 5.74) is 1.16. The third kappa shape index (κ3) is 3.10. The Morgan fingerprint density at radius 1 is 1.62 bits per heavy atom. The summed E-state index contributed by atoms with van der Waals surface area (Å²) in [6.45, 7) is 2.64. The molecule has 1 nitrogen and oxygen atoms in total. The van der Waals surface area contributed by atoms with Crippen LogP contribution in [-0.2, 0) is 0 Å². The molecule has 13 heavy (non-hydrogen) atoms. The first-order valence-corrected chi connectivity index (χ1v) is 4.54. The molecule has 0 aliphatic rings. The highest BCUT2D eigenvalue weighted by Crippen LogP contribution is 2.16. The molecule has 1 atom stereocenters. The van der Waals surface area contributed by atoms with Crippen LogP contribution in [0.3, 0.4) is 0 Å². The van der Waals surface area contributed by atoms with Gasteiger partial charge in [-0.2, -0.15) is 0 Å². The minimum Gasteiger partial charge on any atom is -0.300 e. The molecule has 1 aromatic rings. The molecule has 0 bridgehead atoms.